The van der Waals surface area contributed by atoms with Crippen LogP contribution in [-0.4, -0.2) is 64.7 Å². The number of halogens is 1. The first-order valence-electron chi connectivity index (χ1n) is 11.3. The minimum absolute atomic E-state index is 0.0105. The van der Waals surface area contributed by atoms with Crippen molar-refractivity contribution in [3.05, 3.63) is 73.8 Å². The Hall–Kier alpha value is -3.18. The number of nitrogens with zero attached hydrogens (tertiary/aromatic N) is 3. The highest BCUT2D eigenvalue weighted by Crippen LogP contribution is 2.39. The van der Waals surface area contributed by atoms with Crippen molar-refractivity contribution in [3.63, 3.8) is 0 Å². The van der Waals surface area contributed by atoms with E-state index in [4.69, 9.17) is 9.47 Å². The van der Waals surface area contributed by atoms with Crippen molar-refractivity contribution in [1.82, 2.24) is 4.31 Å². The standard InChI is InChI=1S/C23H24IN3O10S/c1-3-36-22(29)23(13-24)14-25(38(34,35)19-6-4-15(2)5-7-19)9-8-20(23)37-21(28)16-10-17(26(30)31)12-18(11-16)27(32)33/h4-7,10-12,20H,3,8-9,13-14H2,1-2H3/t20-,23+/m0/s1. The minimum atomic E-state index is -4.01. The molecule has 1 aliphatic heterocycles. The summed E-state index contributed by atoms with van der Waals surface area (Å²) in [5.74, 6) is -1.91. The van der Waals surface area contributed by atoms with E-state index in [0.29, 0.717) is 6.07 Å². The van der Waals surface area contributed by atoms with E-state index in [1.54, 1.807) is 19.1 Å². The number of carbonyl (C=O) groups excluding carboxylic acids is 2. The van der Waals surface area contributed by atoms with Gasteiger partial charge in [-0.2, -0.15) is 4.31 Å². The molecule has 0 bridgehead atoms. The molecule has 1 heterocycles. The number of piperidine rings is 1. The molecular weight excluding hydrogens is 637 g/mol. The maximum Gasteiger partial charge on any atom is 0.338 e. The lowest BCUT2D eigenvalue weighted by molar-refractivity contribution is -0.394. The van der Waals surface area contributed by atoms with Crippen molar-refractivity contribution in [2.75, 3.05) is 24.1 Å². The number of rotatable bonds is 9. The molecule has 0 spiro atoms. The number of hydrogen-bond acceptors (Lipinski definition) is 10. The Morgan fingerprint density at radius 2 is 1.68 bits per heavy atom. The number of esters is 2. The first kappa shape index (κ1) is 29.4. The first-order chi connectivity index (χ1) is 17.8. The fourth-order valence-corrected chi connectivity index (χ4v) is 6.61. The van der Waals surface area contributed by atoms with E-state index in [1.165, 1.54) is 12.1 Å². The van der Waals surface area contributed by atoms with Crippen LogP contribution in [0, 0.1) is 32.6 Å². The van der Waals surface area contributed by atoms with Crippen LogP contribution in [0.25, 0.3) is 0 Å². The molecule has 0 amide bonds. The second-order valence-electron chi connectivity index (χ2n) is 8.60. The van der Waals surface area contributed by atoms with Crippen molar-refractivity contribution >= 4 is 55.9 Å². The fraction of sp³-hybridized carbons (Fsp3) is 0.391. The molecule has 2 aromatic rings. The zero-order valence-corrected chi connectivity index (χ0v) is 23.3. The molecule has 0 aliphatic carbocycles. The minimum Gasteiger partial charge on any atom is -0.465 e. The van der Waals surface area contributed by atoms with E-state index in [-0.39, 0.29) is 35.4 Å². The van der Waals surface area contributed by atoms with Gasteiger partial charge in [0.2, 0.25) is 10.0 Å². The SMILES string of the molecule is CCOC(=O)[C@]1(CI)CN(S(=O)(=O)c2ccc(C)cc2)CC[C@@H]1OC(=O)c1cc([N+](=O)[O-])cc([N+](=O)[O-])c1. The van der Waals surface area contributed by atoms with Gasteiger partial charge in [-0.25, -0.2) is 13.2 Å². The van der Waals surface area contributed by atoms with Gasteiger partial charge in [0.1, 0.15) is 11.5 Å². The Morgan fingerprint density at radius 1 is 1.11 bits per heavy atom. The number of aryl methyl sites for hydroxylation is 1. The third kappa shape index (κ3) is 5.94. The molecule has 15 heteroatoms. The highest BCUT2D eigenvalue weighted by molar-refractivity contribution is 14.1. The topological polar surface area (TPSA) is 176 Å². The number of carbonyl (C=O) groups is 2. The molecule has 0 radical (unpaired) electrons. The van der Waals surface area contributed by atoms with Gasteiger partial charge < -0.3 is 9.47 Å². The lowest BCUT2D eigenvalue weighted by Gasteiger charge is -2.44. The summed E-state index contributed by atoms with van der Waals surface area (Å²) in [4.78, 5) is 46.9. The molecule has 0 aromatic heterocycles. The molecule has 1 fully saturated rings. The monoisotopic (exact) mass is 661 g/mol. The number of nitro benzene ring substituents is 2. The Bertz CT molecular complexity index is 1330. The van der Waals surface area contributed by atoms with Gasteiger partial charge in [-0.1, -0.05) is 40.3 Å². The molecular formula is C23H24IN3O10S. The largest absolute Gasteiger partial charge is 0.465 e. The molecule has 0 N–H and O–H groups in total. The highest BCUT2D eigenvalue weighted by Gasteiger charge is 2.54. The smallest absolute Gasteiger partial charge is 0.338 e. The molecule has 2 atom stereocenters. The van der Waals surface area contributed by atoms with Crippen molar-refractivity contribution in [2.24, 2.45) is 5.41 Å². The molecule has 0 saturated carbocycles. The second kappa shape index (κ2) is 11.7. The van der Waals surface area contributed by atoms with Gasteiger partial charge in [0.15, 0.2) is 0 Å². The summed E-state index contributed by atoms with van der Waals surface area (Å²) in [6, 6.07) is 8.60. The Kier molecular flexibility index (Phi) is 9.04. The first-order valence-corrected chi connectivity index (χ1v) is 14.3. The molecule has 1 saturated heterocycles. The summed E-state index contributed by atoms with van der Waals surface area (Å²) in [7, 11) is -4.01. The van der Waals surface area contributed by atoms with Crippen LogP contribution < -0.4 is 0 Å². The van der Waals surface area contributed by atoms with Crippen molar-refractivity contribution in [2.45, 2.75) is 31.3 Å². The zero-order chi connectivity index (χ0) is 28.3. The Morgan fingerprint density at radius 3 is 2.18 bits per heavy atom. The van der Waals surface area contributed by atoms with Gasteiger partial charge in [-0.15, -0.1) is 0 Å². The van der Waals surface area contributed by atoms with E-state index in [2.05, 4.69) is 0 Å². The van der Waals surface area contributed by atoms with Crippen LogP contribution in [0.4, 0.5) is 11.4 Å². The van der Waals surface area contributed by atoms with Crippen LogP contribution in [-0.2, 0) is 24.3 Å². The van der Waals surface area contributed by atoms with Crippen molar-refractivity contribution in [3.8, 4) is 0 Å². The van der Waals surface area contributed by atoms with Gasteiger partial charge in [0.25, 0.3) is 11.4 Å². The molecule has 38 heavy (non-hydrogen) atoms. The number of ether oxygens (including phenoxy) is 2. The van der Waals surface area contributed by atoms with Crippen molar-refractivity contribution in [1.29, 1.82) is 0 Å². The van der Waals surface area contributed by atoms with Crippen LogP contribution in [0.15, 0.2) is 47.4 Å². The number of benzene rings is 2. The quantitative estimate of drug-likeness (QED) is 0.127. The van der Waals surface area contributed by atoms with Crippen LogP contribution in [0.5, 0.6) is 0 Å². The maximum absolute atomic E-state index is 13.4. The molecule has 3 rings (SSSR count). The van der Waals surface area contributed by atoms with Crippen LogP contribution in [0.2, 0.25) is 0 Å². The van der Waals surface area contributed by atoms with Crippen LogP contribution in [0.3, 0.4) is 0 Å². The predicted molar refractivity (Wildman–Crippen MR) is 141 cm³/mol. The summed E-state index contributed by atoms with van der Waals surface area (Å²) >= 11 is 1.88. The van der Waals surface area contributed by atoms with Gasteiger partial charge in [-0.3, -0.25) is 25.0 Å². The highest BCUT2D eigenvalue weighted by atomic mass is 127. The summed E-state index contributed by atoms with van der Waals surface area (Å²) in [6.45, 7) is 2.93. The summed E-state index contributed by atoms with van der Waals surface area (Å²) in [5, 5.41) is 22.4. The number of hydrogen-bond donors (Lipinski definition) is 0. The van der Waals surface area contributed by atoms with E-state index in [0.717, 1.165) is 22.0 Å². The van der Waals surface area contributed by atoms with Gasteiger partial charge in [-0.05, 0) is 32.4 Å². The molecule has 13 nitrogen and oxygen atoms in total. The Balaban J connectivity index is 1.98. The van der Waals surface area contributed by atoms with Gasteiger partial charge in [0, 0.05) is 29.6 Å². The third-order valence-electron chi connectivity index (χ3n) is 6.10. The molecule has 2 aromatic carbocycles. The normalized spacial score (nSPS) is 19.9. The third-order valence-corrected chi connectivity index (χ3v) is 9.32. The van der Waals surface area contributed by atoms with E-state index in [1.807, 2.05) is 29.5 Å². The van der Waals surface area contributed by atoms with E-state index in [9.17, 15) is 38.2 Å². The lowest BCUT2D eigenvalue weighted by atomic mass is 9.79. The van der Waals surface area contributed by atoms with E-state index >= 15 is 0 Å². The molecule has 0 unspecified atom stereocenters. The number of nitro groups is 2. The van der Waals surface area contributed by atoms with E-state index < -0.39 is 60.3 Å². The average Bonchev–Trinajstić information content (AvgIpc) is 2.88. The molecule has 1 aliphatic rings. The Labute approximate surface area is 231 Å². The molecule has 204 valence electrons. The summed E-state index contributed by atoms with van der Waals surface area (Å²) in [6.07, 6.45) is -1.26. The lowest BCUT2D eigenvalue weighted by Crippen LogP contribution is -2.59. The van der Waals surface area contributed by atoms with Crippen molar-refractivity contribution < 1.29 is 37.3 Å². The number of sulfonamides is 1. The second-order valence-corrected chi connectivity index (χ2v) is 11.3. The number of non-ortho nitro benzene ring substituents is 2. The van der Waals surface area contributed by atoms with Crippen LogP contribution in [0.1, 0.15) is 29.3 Å². The zero-order valence-electron chi connectivity index (χ0n) is 20.4. The summed E-state index contributed by atoms with van der Waals surface area (Å²) < 4.78 is 38.7. The fourth-order valence-electron chi connectivity index (χ4n) is 4.04. The number of alkyl halides is 1. The maximum atomic E-state index is 13.4. The van der Waals surface area contributed by atoms with Gasteiger partial charge >= 0.3 is 11.9 Å². The average molecular weight is 661 g/mol. The van der Waals surface area contributed by atoms with Crippen LogP contribution >= 0.6 is 22.6 Å². The predicted octanol–water partition coefficient (Wildman–Crippen LogP) is 3.42. The summed E-state index contributed by atoms with van der Waals surface area (Å²) in [5.41, 5.74) is -2.56. The van der Waals surface area contributed by atoms with Gasteiger partial charge in [0.05, 0.1) is 33.0 Å².